The van der Waals surface area contributed by atoms with Crippen molar-refractivity contribution in [1.82, 2.24) is 0 Å². The molecule has 0 N–H and O–H groups in total. The third-order valence-electron chi connectivity index (χ3n) is 3.61. The van der Waals surface area contributed by atoms with Crippen molar-refractivity contribution in [3.8, 4) is 11.8 Å². The quantitative estimate of drug-likeness (QED) is 0.459. The maximum absolute atomic E-state index is 12.2. The number of carbonyl (C=O) groups is 1. The van der Waals surface area contributed by atoms with E-state index in [9.17, 15) is 10.1 Å². The minimum absolute atomic E-state index is 0.0431. The van der Waals surface area contributed by atoms with Crippen LogP contribution < -0.4 is 9.64 Å². The molecule has 0 spiro atoms. The predicted octanol–water partition coefficient (Wildman–Crippen LogP) is 3.41. The third kappa shape index (κ3) is 4.85. The van der Waals surface area contributed by atoms with E-state index in [2.05, 4.69) is 0 Å². The van der Waals surface area contributed by atoms with E-state index >= 15 is 0 Å². The number of benzene rings is 2. The lowest BCUT2D eigenvalue weighted by Crippen LogP contribution is -2.08. The lowest BCUT2D eigenvalue weighted by atomic mass is 10.1. The Balaban J connectivity index is 2.09. The van der Waals surface area contributed by atoms with E-state index in [1.807, 2.05) is 67.5 Å². The molecule has 0 heterocycles. The van der Waals surface area contributed by atoms with Gasteiger partial charge < -0.3 is 14.4 Å². The van der Waals surface area contributed by atoms with E-state index in [1.165, 1.54) is 6.08 Å². The summed E-state index contributed by atoms with van der Waals surface area (Å²) in [4.78, 5) is 14.1. The van der Waals surface area contributed by atoms with E-state index in [1.54, 1.807) is 13.2 Å². The summed E-state index contributed by atoms with van der Waals surface area (Å²) < 4.78 is 10.5. The van der Waals surface area contributed by atoms with E-state index in [4.69, 9.17) is 9.47 Å². The molecule has 25 heavy (non-hydrogen) atoms. The molecule has 0 unspecified atom stereocenters. The number of ether oxygens (including phenoxy) is 2. The summed E-state index contributed by atoms with van der Waals surface area (Å²) >= 11 is 0. The fourth-order valence-corrected chi connectivity index (χ4v) is 2.22. The van der Waals surface area contributed by atoms with Gasteiger partial charge in [0.2, 0.25) is 0 Å². The Morgan fingerprint density at radius 1 is 1.16 bits per heavy atom. The number of carbonyl (C=O) groups excluding carboxylic acids is 1. The first kappa shape index (κ1) is 18.1. The monoisotopic (exact) mass is 336 g/mol. The molecular weight excluding hydrogens is 316 g/mol. The van der Waals surface area contributed by atoms with Crippen molar-refractivity contribution in [1.29, 1.82) is 5.26 Å². The van der Waals surface area contributed by atoms with Crippen LogP contribution in [0.3, 0.4) is 0 Å². The highest BCUT2D eigenvalue weighted by molar-refractivity contribution is 5.97. The summed E-state index contributed by atoms with van der Waals surface area (Å²) in [6.45, 7) is 0.0431. The molecule has 128 valence electrons. The topological polar surface area (TPSA) is 62.6 Å². The van der Waals surface area contributed by atoms with Crippen LogP contribution in [0.5, 0.6) is 5.75 Å². The highest BCUT2D eigenvalue weighted by Crippen LogP contribution is 2.19. The lowest BCUT2D eigenvalue weighted by Gasteiger charge is -2.12. The van der Waals surface area contributed by atoms with Crippen molar-refractivity contribution < 1.29 is 14.3 Å². The predicted molar refractivity (Wildman–Crippen MR) is 97.1 cm³/mol. The molecule has 0 atom stereocenters. The zero-order valence-electron chi connectivity index (χ0n) is 14.5. The first-order valence-electron chi connectivity index (χ1n) is 7.73. The molecule has 0 saturated carbocycles. The number of esters is 1. The van der Waals surface area contributed by atoms with Gasteiger partial charge in [0.15, 0.2) is 0 Å². The van der Waals surface area contributed by atoms with Gasteiger partial charge in [0, 0.05) is 25.3 Å². The van der Waals surface area contributed by atoms with Gasteiger partial charge in [-0.15, -0.1) is 0 Å². The highest BCUT2D eigenvalue weighted by atomic mass is 16.5. The van der Waals surface area contributed by atoms with Crippen LogP contribution in [0.4, 0.5) is 5.69 Å². The number of hydrogen-bond donors (Lipinski definition) is 0. The van der Waals surface area contributed by atoms with Crippen LogP contribution >= 0.6 is 0 Å². The average Bonchev–Trinajstić information content (AvgIpc) is 2.64. The number of nitriles is 1. The van der Waals surface area contributed by atoms with Gasteiger partial charge in [-0.25, -0.2) is 4.79 Å². The summed E-state index contributed by atoms with van der Waals surface area (Å²) in [5, 5.41) is 9.25. The van der Waals surface area contributed by atoms with E-state index < -0.39 is 5.97 Å². The van der Waals surface area contributed by atoms with Crippen LogP contribution in [-0.2, 0) is 16.1 Å². The van der Waals surface area contributed by atoms with E-state index in [0.717, 1.165) is 16.8 Å². The number of para-hydroxylation sites is 1. The molecular formula is C20H20N2O3. The molecule has 2 aromatic rings. The smallest absolute Gasteiger partial charge is 0.349 e. The van der Waals surface area contributed by atoms with Gasteiger partial charge in [-0.3, -0.25) is 0 Å². The van der Waals surface area contributed by atoms with Gasteiger partial charge in [0.1, 0.15) is 24.0 Å². The Morgan fingerprint density at radius 3 is 2.44 bits per heavy atom. The second-order valence-electron chi connectivity index (χ2n) is 5.54. The van der Waals surface area contributed by atoms with Crippen molar-refractivity contribution in [2.24, 2.45) is 0 Å². The summed E-state index contributed by atoms with van der Waals surface area (Å²) in [7, 11) is 5.44. The number of nitrogens with zero attached hydrogens (tertiary/aromatic N) is 2. The minimum Gasteiger partial charge on any atom is -0.496 e. The number of methoxy groups -OCH3 is 1. The van der Waals surface area contributed by atoms with Crippen LogP contribution in [0, 0.1) is 11.3 Å². The average molecular weight is 336 g/mol. The molecule has 0 aliphatic heterocycles. The number of hydrogen-bond acceptors (Lipinski definition) is 5. The van der Waals surface area contributed by atoms with Gasteiger partial charge >= 0.3 is 5.97 Å². The van der Waals surface area contributed by atoms with Crippen molar-refractivity contribution in [3.63, 3.8) is 0 Å². The molecule has 0 fully saturated rings. The number of rotatable bonds is 6. The highest BCUT2D eigenvalue weighted by Gasteiger charge is 2.12. The minimum atomic E-state index is -0.662. The van der Waals surface area contributed by atoms with E-state index in [0.29, 0.717) is 5.75 Å². The Morgan fingerprint density at radius 2 is 1.84 bits per heavy atom. The zero-order valence-corrected chi connectivity index (χ0v) is 14.5. The first-order valence-corrected chi connectivity index (χ1v) is 7.73. The molecule has 0 aromatic heterocycles. The molecule has 5 heteroatoms. The first-order chi connectivity index (χ1) is 12.0. The zero-order chi connectivity index (χ0) is 18.2. The normalized spacial score (nSPS) is 10.7. The van der Waals surface area contributed by atoms with Gasteiger partial charge in [-0.2, -0.15) is 5.26 Å². The van der Waals surface area contributed by atoms with E-state index in [-0.39, 0.29) is 12.2 Å². The second-order valence-corrected chi connectivity index (χ2v) is 5.54. The van der Waals surface area contributed by atoms with Crippen molar-refractivity contribution in [2.75, 3.05) is 26.1 Å². The molecule has 0 aliphatic rings. The molecule has 2 aromatic carbocycles. The van der Waals surface area contributed by atoms with Crippen molar-refractivity contribution in [2.45, 2.75) is 6.61 Å². The van der Waals surface area contributed by atoms with Crippen LogP contribution in [0.25, 0.3) is 6.08 Å². The summed E-state index contributed by atoms with van der Waals surface area (Å²) in [5.74, 6) is -0.0258. The Kier molecular flexibility index (Phi) is 6.19. The Hall–Kier alpha value is -3.26. The fraction of sp³-hybridized carbons (Fsp3) is 0.200. The summed E-state index contributed by atoms with van der Waals surface area (Å²) in [6, 6.07) is 16.7. The maximum Gasteiger partial charge on any atom is 0.349 e. The second kappa shape index (κ2) is 8.55. The van der Waals surface area contributed by atoms with Gasteiger partial charge in [-0.1, -0.05) is 30.3 Å². The number of anilines is 1. The van der Waals surface area contributed by atoms with Crippen molar-refractivity contribution >= 4 is 17.7 Å². The summed E-state index contributed by atoms with van der Waals surface area (Å²) in [6.07, 6.45) is 1.52. The third-order valence-corrected chi connectivity index (χ3v) is 3.61. The van der Waals surface area contributed by atoms with Gasteiger partial charge in [0.05, 0.1) is 7.11 Å². The largest absolute Gasteiger partial charge is 0.496 e. The molecule has 5 nitrogen and oxygen atoms in total. The van der Waals surface area contributed by atoms with Gasteiger partial charge in [0.25, 0.3) is 0 Å². The van der Waals surface area contributed by atoms with Crippen LogP contribution in [0.15, 0.2) is 54.1 Å². The molecule has 0 bridgehead atoms. The van der Waals surface area contributed by atoms with Crippen LogP contribution in [0.1, 0.15) is 11.1 Å². The standard InChI is InChI=1S/C20H20N2O3/c1-22(2)18-10-8-15(9-11-18)12-17(13-21)20(23)25-14-16-6-4-5-7-19(16)24-3/h4-12H,14H2,1-3H3. The Bertz CT molecular complexity index is 802. The molecule has 0 radical (unpaired) electrons. The SMILES string of the molecule is COc1ccccc1COC(=O)C(C#N)=Cc1ccc(N(C)C)cc1. The molecule has 0 amide bonds. The summed E-state index contributed by atoms with van der Waals surface area (Å²) in [5.41, 5.74) is 2.49. The van der Waals surface area contributed by atoms with Crippen LogP contribution in [-0.4, -0.2) is 27.2 Å². The fourth-order valence-electron chi connectivity index (χ4n) is 2.22. The lowest BCUT2D eigenvalue weighted by molar-refractivity contribution is -0.139. The Labute approximate surface area is 147 Å². The molecule has 0 saturated heterocycles. The van der Waals surface area contributed by atoms with Crippen LogP contribution in [0.2, 0.25) is 0 Å². The maximum atomic E-state index is 12.2. The molecule has 2 rings (SSSR count). The van der Waals surface area contributed by atoms with Gasteiger partial charge in [-0.05, 0) is 29.8 Å². The molecule has 0 aliphatic carbocycles. The van der Waals surface area contributed by atoms with Crippen molar-refractivity contribution in [3.05, 3.63) is 65.2 Å².